The molecule has 0 amide bonds. The van der Waals surface area contributed by atoms with Crippen molar-refractivity contribution >= 4 is 16.7 Å². The lowest BCUT2D eigenvalue weighted by Gasteiger charge is -2.08. The molecule has 0 aliphatic heterocycles. The Bertz CT molecular complexity index is 585. The van der Waals surface area contributed by atoms with Gasteiger partial charge in [0.2, 0.25) is 0 Å². The number of fused-ring (bicyclic) bond motifs is 1. The van der Waals surface area contributed by atoms with Crippen LogP contribution in [0.15, 0.2) is 24.3 Å². The van der Waals surface area contributed by atoms with E-state index in [9.17, 15) is 9.90 Å². The van der Waals surface area contributed by atoms with Gasteiger partial charge in [0, 0.05) is 0 Å². The fourth-order valence-corrected chi connectivity index (χ4v) is 1.93. The largest absolute Gasteiger partial charge is 0.508 e. The number of phenolic OH excluding ortho intramolecular Hbond substituents is 1. The van der Waals surface area contributed by atoms with Crippen LogP contribution in [0, 0.1) is 13.8 Å². The second-order valence-electron chi connectivity index (χ2n) is 3.96. The summed E-state index contributed by atoms with van der Waals surface area (Å²) in [5, 5.41) is 20.2. The van der Waals surface area contributed by atoms with Crippen molar-refractivity contribution in [3.63, 3.8) is 0 Å². The zero-order valence-electron chi connectivity index (χ0n) is 9.11. The van der Waals surface area contributed by atoms with E-state index in [-0.39, 0.29) is 11.3 Å². The summed E-state index contributed by atoms with van der Waals surface area (Å²) >= 11 is 0. The molecule has 3 nitrogen and oxygen atoms in total. The van der Waals surface area contributed by atoms with Crippen molar-refractivity contribution in [2.75, 3.05) is 0 Å². The van der Waals surface area contributed by atoms with E-state index in [1.807, 2.05) is 13.8 Å². The molecule has 0 radical (unpaired) electrons. The van der Waals surface area contributed by atoms with E-state index in [1.54, 1.807) is 24.3 Å². The van der Waals surface area contributed by atoms with Crippen molar-refractivity contribution in [1.29, 1.82) is 0 Å². The first-order valence-electron chi connectivity index (χ1n) is 4.96. The number of carbonyl (C=O) groups is 1. The quantitative estimate of drug-likeness (QED) is 0.770. The summed E-state index contributed by atoms with van der Waals surface area (Å²) in [6, 6.07) is 6.54. The molecule has 0 unspecified atom stereocenters. The summed E-state index contributed by atoms with van der Waals surface area (Å²) in [5.74, 6) is -0.728. The molecule has 16 heavy (non-hydrogen) atoms. The number of phenols is 1. The zero-order chi connectivity index (χ0) is 11.9. The highest BCUT2D eigenvalue weighted by atomic mass is 16.4. The first-order chi connectivity index (χ1) is 7.49. The Kier molecular flexibility index (Phi) is 2.31. The summed E-state index contributed by atoms with van der Waals surface area (Å²) in [5.41, 5.74) is 2.01. The minimum atomic E-state index is -0.933. The molecule has 0 atom stereocenters. The first-order valence-corrected chi connectivity index (χ1v) is 4.96. The van der Waals surface area contributed by atoms with Crippen LogP contribution in [0.4, 0.5) is 0 Å². The Labute approximate surface area is 93.0 Å². The maximum Gasteiger partial charge on any atom is 0.335 e. The van der Waals surface area contributed by atoms with E-state index in [2.05, 4.69) is 0 Å². The Hall–Kier alpha value is -2.03. The fourth-order valence-electron chi connectivity index (χ4n) is 1.93. The van der Waals surface area contributed by atoms with E-state index in [1.165, 1.54) is 0 Å². The molecule has 0 spiro atoms. The summed E-state index contributed by atoms with van der Waals surface area (Å²) in [4.78, 5) is 10.9. The molecule has 2 aromatic carbocycles. The van der Waals surface area contributed by atoms with Gasteiger partial charge < -0.3 is 10.2 Å². The molecule has 0 bridgehead atoms. The predicted molar refractivity (Wildman–Crippen MR) is 62.0 cm³/mol. The second-order valence-corrected chi connectivity index (χ2v) is 3.96. The number of aromatic hydroxyl groups is 1. The van der Waals surface area contributed by atoms with Crippen LogP contribution in [0.3, 0.4) is 0 Å². The van der Waals surface area contributed by atoms with Gasteiger partial charge in [0.25, 0.3) is 0 Å². The molecule has 0 fully saturated rings. The van der Waals surface area contributed by atoms with Gasteiger partial charge in [-0.05, 0) is 60.0 Å². The molecule has 2 rings (SSSR count). The van der Waals surface area contributed by atoms with E-state index in [0.717, 1.165) is 21.9 Å². The minimum absolute atomic E-state index is 0.205. The summed E-state index contributed by atoms with van der Waals surface area (Å²) in [6.07, 6.45) is 0. The van der Waals surface area contributed by atoms with Crippen LogP contribution in [-0.2, 0) is 0 Å². The van der Waals surface area contributed by atoms with Gasteiger partial charge in [-0.1, -0.05) is 0 Å². The van der Waals surface area contributed by atoms with Crippen LogP contribution in [0.5, 0.6) is 5.75 Å². The van der Waals surface area contributed by atoms with Crippen LogP contribution in [0.1, 0.15) is 21.5 Å². The summed E-state index contributed by atoms with van der Waals surface area (Å²) in [6.45, 7) is 3.70. The van der Waals surface area contributed by atoms with Crippen LogP contribution in [0.25, 0.3) is 10.8 Å². The number of hydrogen-bond acceptors (Lipinski definition) is 2. The van der Waals surface area contributed by atoms with Gasteiger partial charge in [0.1, 0.15) is 5.75 Å². The normalized spacial score (nSPS) is 10.6. The molecular weight excluding hydrogens is 204 g/mol. The smallest absolute Gasteiger partial charge is 0.335 e. The number of carboxylic acids is 1. The van der Waals surface area contributed by atoms with Crippen molar-refractivity contribution in [3.05, 3.63) is 41.0 Å². The first kappa shape index (κ1) is 10.5. The molecule has 2 N–H and O–H groups in total. The molecule has 3 heteroatoms. The minimum Gasteiger partial charge on any atom is -0.508 e. The highest BCUT2D eigenvalue weighted by molar-refractivity contribution is 5.97. The summed E-state index contributed by atoms with van der Waals surface area (Å²) in [7, 11) is 0. The number of aryl methyl sites for hydroxylation is 2. The second kappa shape index (κ2) is 3.52. The Morgan fingerprint density at radius 1 is 1.00 bits per heavy atom. The van der Waals surface area contributed by atoms with Gasteiger partial charge in [-0.3, -0.25) is 0 Å². The number of benzene rings is 2. The van der Waals surface area contributed by atoms with Crippen LogP contribution in [0.2, 0.25) is 0 Å². The van der Waals surface area contributed by atoms with Crippen LogP contribution < -0.4 is 0 Å². The van der Waals surface area contributed by atoms with Gasteiger partial charge in [-0.2, -0.15) is 0 Å². The average molecular weight is 216 g/mol. The van der Waals surface area contributed by atoms with E-state index in [0.29, 0.717) is 0 Å². The molecular formula is C13H12O3. The van der Waals surface area contributed by atoms with Crippen molar-refractivity contribution in [1.82, 2.24) is 0 Å². The van der Waals surface area contributed by atoms with Gasteiger partial charge in [-0.15, -0.1) is 0 Å². The zero-order valence-corrected chi connectivity index (χ0v) is 9.11. The lowest BCUT2D eigenvalue weighted by atomic mass is 9.98. The third-order valence-corrected chi connectivity index (χ3v) is 2.72. The maximum atomic E-state index is 10.9. The highest BCUT2D eigenvalue weighted by Crippen LogP contribution is 2.28. The van der Waals surface area contributed by atoms with Crippen molar-refractivity contribution in [3.8, 4) is 5.75 Å². The topological polar surface area (TPSA) is 57.5 Å². The Morgan fingerprint density at radius 3 is 2.19 bits per heavy atom. The number of carboxylic acid groups (broad SMARTS) is 1. The fraction of sp³-hybridized carbons (Fsp3) is 0.154. The van der Waals surface area contributed by atoms with Gasteiger partial charge >= 0.3 is 5.97 Å². The molecule has 0 aliphatic carbocycles. The summed E-state index contributed by atoms with van der Waals surface area (Å²) < 4.78 is 0. The van der Waals surface area contributed by atoms with Crippen LogP contribution in [-0.4, -0.2) is 16.2 Å². The lowest BCUT2D eigenvalue weighted by molar-refractivity contribution is 0.0697. The molecule has 0 saturated heterocycles. The predicted octanol–water partition coefficient (Wildman–Crippen LogP) is 2.86. The van der Waals surface area contributed by atoms with Crippen LogP contribution >= 0.6 is 0 Å². The monoisotopic (exact) mass is 216 g/mol. The average Bonchev–Trinajstić information content (AvgIpc) is 2.19. The van der Waals surface area contributed by atoms with E-state index in [4.69, 9.17) is 5.11 Å². The molecule has 0 aromatic heterocycles. The molecule has 82 valence electrons. The molecule has 0 aliphatic rings. The SMILES string of the molecule is Cc1cc(C(=O)O)cc2c(C)cc(O)cc12. The number of aromatic carboxylic acids is 1. The number of rotatable bonds is 1. The van der Waals surface area contributed by atoms with Gasteiger partial charge in [-0.25, -0.2) is 4.79 Å². The standard InChI is InChI=1S/C13H12O3/c1-7-3-9(13(15)16)5-11-8(2)4-10(14)6-12(7)11/h3-6,14H,1-2H3,(H,15,16). The third-order valence-electron chi connectivity index (χ3n) is 2.72. The molecule has 2 aromatic rings. The van der Waals surface area contributed by atoms with Crippen molar-refractivity contribution in [2.24, 2.45) is 0 Å². The molecule has 0 saturated carbocycles. The molecule has 0 heterocycles. The Morgan fingerprint density at radius 2 is 1.56 bits per heavy atom. The Balaban J connectivity index is 2.87. The van der Waals surface area contributed by atoms with E-state index < -0.39 is 5.97 Å². The van der Waals surface area contributed by atoms with Crippen molar-refractivity contribution in [2.45, 2.75) is 13.8 Å². The highest BCUT2D eigenvalue weighted by Gasteiger charge is 2.09. The van der Waals surface area contributed by atoms with Gasteiger partial charge in [0.15, 0.2) is 0 Å². The lowest BCUT2D eigenvalue weighted by Crippen LogP contribution is -1.97. The third kappa shape index (κ3) is 1.60. The van der Waals surface area contributed by atoms with Crippen molar-refractivity contribution < 1.29 is 15.0 Å². The van der Waals surface area contributed by atoms with Gasteiger partial charge in [0.05, 0.1) is 5.56 Å². The number of hydrogen-bond donors (Lipinski definition) is 2. The maximum absolute atomic E-state index is 10.9. The van der Waals surface area contributed by atoms with E-state index >= 15 is 0 Å².